The zero-order chi connectivity index (χ0) is 27.5. The molecule has 5 rings (SSSR count). The summed E-state index contributed by atoms with van der Waals surface area (Å²) in [5.74, 6) is 0.301. The molecule has 6 heteroatoms. The highest BCUT2D eigenvalue weighted by Crippen LogP contribution is 2.39. The minimum atomic E-state index is -2.72. The van der Waals surface area contributed by atoms with Crippen molar-refractivity contribution >= 4 is 36.2 Å². The van der Waals surface area contributed by atoms with Gasteiger partial charge < -0.3 is 9.16 Å². The molecule has 1 saturated carbocycles. The minimum absolute atomic E-state index is 0.115. The summed E-state index contributed by atoms with van der Waals surface area (Å²) in [5.41, 5.74) is 1.81. The molecule has 0 saturated heterocycles. The first-order chi connectivity index (χ1) is 18.8. The summed E-state index contributed by atoms with van der Waals surface area (Å²) in [4.78, 5) is 19.1. The van der Waals surface area contributed by atoms with E-state index in [9.17, 15) is 4.79 Å². The fourth-order valence-electron chi connectivity index (χ4n) is 5.04. The van der Waals surface area contributed by atoms with E-state index in [0.717, 1.165) is 10.8 Å². The highest BCUT2D eigenvalue weighted by atomic mass is 32.2. The van der Waals surface area contributed by atoms with Gasteiger partial charge in [0, 0.05) is 21.3 Å². The Morgan fingerprint density at radius 3 is 1.97 bits per heavy atom. The summed E-state index contributed by atoms with van der Waals surface area (Å²) in [5, 5.41) is 3.02. The van der Waals surface area contributed by atoms with Crippen molar-refractivity contribution in [2.75, 3.05) is 7.11 Å². The van der Waals surface area contributed by atoms with Gasteiger partial charge in [0.1, 0.15) is 5.69 Å². The van der Waals surface area contributed by atoms with Gasteiger partial charge in [-0.2, -0.15) is 0 Å². The number of hydrogen-bond donors (Lipinski definition) is 0. The predicted molar refractivity (Wildman–Crippen MR) is 162 cm³/mol. The van der Waals surface area contributed by atoms with Gasteiger partial charge in [-0.1, -0.05) is 81.4 Å². The average Bonchev–Trinajstić information content (AvgIpc) is 3.78. The number of carbonyl (C=O) groups is 1. The van der Waals surface area contributed by atoms with Crippen molar-refractivity contribution in [3.63, 3.8) is 0 Å². The summed E-state index contributed by atoms with van der Waals surface area (Å²) >= 11 is 1.88. The molecule has 200 valence electrons. The van der Waals surface area contributed by atoms with Gasteiger partial charge in [0.15, 0.2) is 0 Å². The van der Waals surface area contributed by atoms with E-state index in [-0.39, 0.29) is 10.8 Å². The summed E-state index contributed by atoms with van der Waals surface area (Å²) in [6, 6.07) is 32.6. The van der Waals surface area contributed by atoms with Crippen molar-refractivity contribution in [3.8, 4) is 5.88 Å². The van der Waals surface area contributed by atoms with Crippen molar-refractivity contribution in [1.82, 2.24) is 4.98 Å². The van der Waals surface area contributed by atoms with Crippen molar-refractivity contribution in [1.29, 1.82) is 0 Å². The number of ether oxygens (including phenoxy) is 1. The molecular formula is C33H35NO3SSi. The lowest BCUT2D eigenvalue weighted by atomic mass is 10.1. The monoisotopic (exact) mass is 553 g/mol. The number of ketones is 1. The highest BCUT2D eigenvalue weighted by Gasteiger charge is 2.50. The fourth-order valence-corrected chi connectivity index (χ4v) is 10.6. The van der Waals surface area contributed by atoms with Crippen LogP contribution >= 0.6 is 11.8 Å². The summed E-state index contributed by atoms with van der Waals surface area (Å²) in [7, 11) is -1.13. The van der Waals surface area contributed by atoms with Crippen LogP contribution in [0.3, 0.4) is 0 Å². The topological polar surface area (TPSA) is 48.4 Å². The first kappa shape index (κ1) is 27.4. The van der Waals surface area contributed by atoms with Crippen molar-refractivity contribution < 1.29 is 14.0 Å². The SMILES string of the molecule is COc1nc(C(=O)c2ccc(SC3CC3)cc2)ccc1CO[Si](c1ccccc1)(c1ccccc1)C(C)(C)C. The van der Waals surface area contributed by atoms with E-state index in [0.29, 0.717) is 23.7 Å². The van der Waals surface area contributed by atoms with E-state index >= 15 is 0 Å². The zero-order valence-corrected chi connectivity index (χ0v) is 24.8. The van der Waals surface area contributed by atoms with Gasteiger partial charge in [0.05, 0.1) is 13.7 Å². The average molecular weight is 554 g/mol. The molecule has 0 unspecified atom stereocenters. The van der Waals surface area contributed by atoms with Crippen LogP contribution in [0.15, 0.2) is 102 Å². The molecule has 0 radical (unpaired) electrons. The number of aromatic nitrogens is 1. The first-order valence-corrected chi connectivity index (χ1v) is 16.2. The first-order valence-electron chi connectivity index (χ1n) is 13.4. The molecule has 0 atom stereocenters. The Balaban J connectivity index is 1.43. The third-order valence-electron chi connectivity index (χ3n) is 7.17. The largest absolute Gasteiger partial charge is 0.481 e. The number of carbonyl (C=O) groups excluding carboxylic acids is 1. The Morgan fingerprint density at radius 2 is 1.46 bits per heavy atom. The standard InChI is InChI=1S/C33H35NO3SSi/c1-33(2,3)39(28-11-7-5-8-12-28,29-13-9-6-10-14-29)37-23-25-17-22-30(34-32(25)36-4)31(35)24-15-18-26(19-16-24)38-27-20-21-27/h5-19,22,27H,20-21,23H2,1-4H3. The molecule has 1 heterocycles. The number of nitrogens with zero attached hydrogens (tertiary/aromatic N) is 1. The maximum Gasteiger partial charge on any atom is 0.261 e. The Morgan fingerprint density at radius 1 is 0.872 bits per heavy atom. The normalized spacial score (nSPS) is 13.7. The third kappa shape index (κ3) is 5.88. The molecule has 0 N–H and O–H groups in total. The molecule has 0 spiro atoms. The van der Waals surface area contributed by atoms with Gasteiger partial charge in [-0.3, -0.25) is 4.79 Å². The maximum absolute atomic E-state index is 13.2. The van der Waals surface area contributed by atoms with Crippen LogP contribution < -0.4 is 15.1 Å². The van der Waals surface area contributed by atoms with Gasteiger partial charge >= 0.3 is 0 Å². The van der Waals surface area contributed by atoms with Crippen LogP contribution in [0.5, 0.6) is 5.88 Å². The van der Waals surface area contributed by atoms with Crippen LogP contribution in [0.25, 0.3) is 0 Å². The quantitative estimate of drug-likeness (QED) is 0.163. The lowest BCUT2D eigenvalue weighted by molar-refractivity contribution is 0.103. The molecule has 0 amide bonds. The van der Waals surface area contributed by atoms with Crippen LogP contribution in [0.1, 0.15) is 55.2 Å². The maximum atomic E-state index is 13.2. The van der Waals surface area contributed by atoms with E-state index in [2.05, 4.69) is 74.3 Å². The Labute approximate surface area is 236 Å². The molecule has 3 aromatic carbocycles. The second kappa shape index (κ2) is 11.5. The number of pyridine rings is 1. The molecule has 4 nitrogen and oxygen atoms in total. The molecule has 0 aliphatic heterocycles. The molecule has 39 heavy (non-hydrogen) atoms. The van der Waals surface area contributed by atoms with Crippen LogP contribution in [0.2, 0.25) is 5.04 Å². The number of thioether (sulfide) groups is 1. The number of methoxy groups -OCH3 is 1. The van der Waals surface area contributed by atoms with Gasteiger partial charge in [-0.05, 0) is 64.7 Å². The van der Waals surface area contributed by atoms with Crippen LogP contribution in [0, 0.1) is 0 Å². The third-order valence-corrected chi connectivity index (χ3v) is 13.5. The summed E-state index contributed by atoms with van der Waals surface area (Å²) in [6.07, 6.45) is 2.56. The zero-order valence-electron chi connectivity index (χ0n) is 23.0. The molecule has 1 aliphatic carbocycles. The fraction of sp³-hybridized carbons (Fsp3) is 0.273. The summed E-state index contributed by atoms with van der Waals surface area (Å²) < 4.78 is 12.7. The molecule has 4 aromatic rings. The molecular weight excluding hydrogens is 519 g/mol. The van der Waals surface area contributed by atoms with Gasteiger partial charge in [0.2, 0.25) is 11.7 Å². The Bertz CT molecular complexity index is 1380. The molecule has 0 bridgehead atoms. The molecule has 1 fully saturated rings. The van der Waals surface area contributed by atoms with Crippen LogP contribution in [0.4, 0.5) is 0 Å². The molecule has 1 aliphatic rings. The minimum Gasteiger partial charge on any atom is -0.481 e. The van der Waals surface area contributed by atoms with Gasteiger partial charge in [-0.15, -0.1) is 11.8 Å². The Hall–Kier alpha value is -3.19. The smallest absolute Gasteiger partial charge is 0.261 e. The van der Waals surface area contributed by atoms with Crippen molar-refractivity contribution in [2.45, 2.75) is 55.4 Å². The summed E-state index contributed by atoms with van der Waals surface area (Å²) in [6.45, 7) is 7.09. The second-order valence-corrected chi connectivity index (χ2v) is 16.7. The lowest BCUT2D eigenvalue weighted by Gasteiger charge is -2.43. The van der Waals surface area contributed by atoms with E-state index in [1.165, 1.54) is 28.1 Å². The number of benzene rings is 3. The van der Waals surface area contributed by atoms with Crippen molar-refractivity contribution in [3.05, 3.63) is 114 Å². The second-order valence-electron chi connectivity index (χ2n) is 11.0. The van der Waals surface area contributed by atoms with E-state index < -0.39 is 8.32 Å². The van der Waals surface area contributed by atoms with Crippen molar-refractivity contribution in [2.24, 2.45) is 0 Å². The number of hydrogen-bond acceptors (Lipinski definition) is 5. The van der Waals surface area contributed by atoms with E-state index in [1.54, 1.807) is 13.2 Å². The molecule has 1 aromatic heterocycles. The van der Waals surface area contributed by atoms with Crippen LogP contribution in [-0.4, -0.2) is 31.4 Å². The Kier molecular flexibility index (Phi) is 8.07. The lowest BCUT2D eigenvalue weighted by Crippen LogP contribution is -2.66. The van der Waals surface area contributed by atoms with E-state index in [1.807, 2.05) is 54.2 Å². The van der Waals surface area contributed by atoms with Gasteiger partial charge in [0.25, 0.3) is 8.32 Å². The van der Waals surface area contributed by atoms with Crippen LogP contribution in [-0.2, 0) is 11.0 Å². The predicted octanol–water partition coefficient (Wildman–Crippen LogP) is 6.65. The highest BCUT2D eigenvalue weighted by molar-refractivity contribution is 8.00. The number of rotatable bonds is 10. The van der Waals surface area contributed by atoms with Gasteiger partial charge in [-0.25, -0.2) is 4.98 Å². The van der Waals surface area contributed by atoms with E-state index in [4.69, 9.17) is 9.16 Å².